The van der Waals surface area contributed by atoms with Crippen LogP contribution in [0.15, 0.2) is 36.4 Å². The lowest BCUT2D eigenvalue weighted by atomic mass is 10.1. The Kier molecular flexibility index (Phi) is 3.48. The molecule has 0 amide bonds. The lowest BCUT2D eigenvalue weighted by Crippen LogP contribution is -2.15. The van der Waals surface area contributed by atoms with Crippen LogP contribution in [0.25, 0.3) is 0 Å². The average molecular weight is 288 g/mol. The van der Waals surface area contributed by atoms with Crippen LogP contribution in [0.4, 0.5) is 4.39 Å². The molecule has 3 rings (SSSR count). The van der Waals surface area contributed by atoms with Gasteiger partial charge < -0.3 is 14.2 Å². The molecule has 0 fully saturated rings. The fourth-order valence-electron chi connectivity index (χ4n) is 1.97. The summed E-state index contributed by atoms with van der Waals surface area (Å²) in [5.74, 6) is 0.409. The van der Waals surface area contributed by atoms with Crippen molar-refractivity contribution in [3.05, 3.63) is 53.3 Å². The van der Waals surface area contributed by atoms with E-state index in [2.05, 4.69) is 0 Å². The molecule has 0 aromatic heterocycles. The summed E-state index contributed by atoms with van der Waals surface area (Å²) in [4.78, 5) is 12.0. The highest BCUT2D eigenvalue weighted by Crippen LogP contribution is 2.33. The number of aryl methyl sites for hydroxylation is 1. The van der Waals surface area contributed by atoms with Gasteiger partial charge in [0.05, 0.1) is 5.56 Å². The van der Waals surface area contributed by atoms with Crippen LogP contribution in [0.3, 0.4) is 0 Å². The summed E-state index contributed by atoms with van der Waals surface area (Å²) in [7, 11) is 0. The van der Waals surface area contributed by atoms with E-state index in [1.807, 2.05) is 0 Å². The van der Waals surface area contributed by atoms with Crippen LogP contribution in [0.5, 0.6) is 17.2 Å². The lowest BCUT2D eigenvalue weighted by Gasteiger charge is -2.18. The number of ether oxygens (including phenoxy) is 3. The first kappa shape index (κ1) is 13.4. The predicted molar refractivity (Wildman–Crippen MR) is 73.5 cm³/mol. The Hall–Kier alpha value is -2.56. The molecule has 1 heterocycles. The summed E-state index contributed by atoms with van der Waals surface area (Å²) in [5.41, 5.74) is 0.638. The number of hydrogen-bond donors (Lipinski definition) is 0. The summed E-state index contributed by atoms with van der Waals surface area (Å²) in [6.07, 6.45) is 0. The topological polar surface area (TPSA) is 44.8 Å². The van der Waals surface area contributed by atoms with Crippen LogP contribution >= 0.6 is 0 Å². The number of carbonyl (C=O) groups excluding carboxylic acids is 1. The van der Waals surface area contributed by atoms with Crippen molar-refractivity contribution in [2.45, 2.75) is 6.92 Å². The highest BCUT2D eigenvalue weighted by atomic mass is 19.1. The molecule has 21 heavy (non-hydrogen) atoms. The zero-order chi connectivity index (χ0) is 14.8. The van der Waals surface area contributed by atoms with E-state index < -0.39 is 11.8 Å². The van der Waals surface area contributed by atoms with Gasteiger partial charge in [-0.25, -0.2) is 9.18 Å². The molecule has 0 bridgehead atoms. The second kappa shape index (κ2) is 5.44. The Morgan fingerprint density at radius 2 is 1.86 bits per heavy atom. The number of carbonyl (C=O) groups is 1. The van der Waals surface area contributed by atoms with E-state index in [9.17, 15) is 9.18 Å². The maximum absolute atomic E-state index is 13.5. The highest BCUT2D eigenvalue weighted by Gasteiger charge is 2.15. The second-order valence-corrected chi connectivity index (χ2v) is 4.66. The van der Waals surface area contributed by atoms with Crippen molar-refractivity contribution in [3.63, 3.8) is 0 Å². The van der Waals surface area contributed by atoms with Gasteiger partial charge in [-0.1, -0.05) is 6.07 Å². The minimum Gasteiger partial charge on any atom is -0.486 e. The van der Waals surface area contributed by atoms with Crippen molar-refractivity contribution in [2.75, 3.05) is 13.2 Å². The Bertz CT molecular complexity index is 697. The van der Waals surface area contributed by atoms with Crippen LogP contribution in [0.2, 0.25) is 0 Å². The van der Waals surface area contributed by atoms with Gasteiger partial charge in [0.25, 0.3) is 0 Å². The molecule has 0 atom stereocenters. The Balaban J connectivity index is 1.79. The molecule has 0 aliphatic carbocycles. The smallest absolute Gasteiger partial charge is 0.343 e. The fourth-order valence-corrected chi connectivity index (χ4v) is 1.97. The molecule has 0 saturated heterocycles. The number of rotatable bonds is 2. The van der Waals surface area contributed by atoms with Gasteiger partial charge in [0, 0.05) is 6.07 Å². The summed E-state index contributed by atoms with van der Waals surface area (Å²) in [6, 6.07) is 9.09. The minimum atomic E-state index is -0.620. The summed E-state index contributed by atoms with van der Waals surface area (Å²) in [6.45, 7) is 2.58. The van der Waals surface area contributed by atoms with E-state index in [1.54, 1.807) is 25.1 Å². The molecule has 0 N–H and O–H groups in total. The number of fused-ring (bicyclic) bond motifs is 1. The Labute approximate surface area is 121 Å². The zero-order valence-electron chi connectivity index (χ0n) is 11.4. The van der Waals surface area contributed by atoms with Crippen LogP contribution < -0.4 is 14.2 Å². The molecule has 4 nitrogen and oxygen atoms in total. The van der Waals surface area contributed by atoms with Crippen LogP contribution in [-0.4, -0.2) is 19.2 Å². The van der Waals surface area contributed by atoms with Crippen molar-refractivity contribution in [1.29, 1.82) is 0 Å². The van der Waals surface area contributed by atoms with Gasteiger partial charge in [-0.15, -0.1) is 0 Å². The lowest BCUT2D eigenvalue weighted by molar-refractivity contribution is 0.0733. The third-order valence-corrected chi connectivity index (χ3v) is 3.13. The van der Waals surface area contributed by atoms with E-state index in [0.29, 0.717) is 36.0 Å². The van der Waals surface area contributed by atoms with Crippen LogP contribution in [0, 0.1) is 12.7 Å². The fraction of sp³-hybridized carbons (Fsp3) is 0.188. The maximum Gasteiger partial charge on any atom is 0.343 e. The van der Waals surface area contributed by atoms with Gasteiger partial charge in [0.2, 0.25) is 0 Å². The first-order valence-electron chi connectivity index (χ1n) is 6.51. The number of benzene rings is 2. The van der Waals surface area contributed by atoms with Gasteiger partial charge >= 0.3 is 5.97 Å². The monoisotopic (exact) mass is 288 g/mol. The van der Waals surface area contributed by atoms with E-state index in [4.69, 9.17) is 14.2 Å². The molecule has 2 aromatic rings. The molecule has 5 heteroatoms. The van der Waals surface area contributed by atoms with E-state index >= 15 is 0 Å². The van der Waals surface area contributed by atoms with Crippen molar-refractivity contribution in [1.82, 2.24) is 0 Å². The van der Waals surface area contributed by atoms with E-state index in [1.165, 1.54) is 12.1 Å². The highest BCUT2D eigenvalue weighted by molar-refractivity contribution is 5.91. The van der Waals surface area contributed by atoms with Crippen LogP contribution in [-0.2, 0) is 0 Å². The van der Waals surface area contributed by atoms with Crippen molar-refractivity contribution in [3.8, 4) is 17.2 Å². The van der Waals surface area contributed by atoms with Gasteiger partial charge in [-0.3, -0.25) is 0 Å². The Morgan fingerprint density at radius 1 is 1.10 bits per heavy atom. The SMILES string of the molecule is Cc1ccc(C(=O)Oc2ccc3c(c2)OCCO3)cc1F. The summed E-state index contributed by atoms with van der Waals surface area (Å²) < 4.78 is 29.5. The summed E-state index contributed by atoms with van der Waals surface area (Å²) >= 11 is 0. The van der Waals surface area contributed by atoms with Crippen molar-refractivity contribution < 1.29 is 23.4 Å². The normalized spacial score (nSPS) is 12.9. The molecule has 1 aliphatic heterocycles. The number of hydrogen-bond acceptors (Lipinski definition) is 4. The zero-order valence-corrected chi connectivity index (χ0v) is 11.4. The molecule has 0 radical (unpaired) electrons. The summed E-state index contributed by atoms with van der Waals surface area (Å²) in [5, 5.41) is 0. The largest absolute Gasteiger partial charge is 0.486 e. The molecule has 0 saturated carbocycles. The predicted octanol–water partition coefficient (Wildman–Crippen LogP) is 3.12. The van der Waals surface area contributed by atoms with Gasteiger partial charge in [-0.05, 0) is 36.8 Å². The molecule has 0 spiro atoms. The van der Waals surface area contributed by atoms with E-state index in [-0.39, 0.29) is 5.56 Å². The standard InChI is InChI=1S/C16H13FO4/c1-10-2-3-11(8-13(10)17)16(18)21-12-4-5-14-15(9-12)20-7-6-19-14/h2-5,8-9H,6-7H2,1H3. The third-order valence-electron chi connectivity index (χ3n) is 3.13. The second-order valence-electron chi connectivity index (χ2n) is 4.66. The molecule has 2 aromatic carbocycles. The van der Waals surface area contributed by atoms with Crippen molar-refractivity contribution >= 4 is 5.97 Å². The third kappa shape index (κ3) is 2.81. The average Bonchev–Trinajstić information content (AvgIpc) is 2.50. The Morgan fingerprint density at radius 3 is 2.62 bits per heavy atom. The van der Waals surface area contributed by atoms with Gasteiger partial charge in [0.1, 0.15) is 24.8 Å². The van der Waals surface area contributed by atoms with Gasteiger partial charge in [-0.2, -0.15) is 0 Å². The molecule has 108 valence electrons. The van der Waals surface area contributed by atoms with Gasteiger partial charge in [0.15, 0.2) is 11.5 Å². The van der Waals surface area contributed by atoms with E-state index in [0.717, 1.165) is 6.07 Å². The first-order valence-corrected chi connectivity index (χ1v) is 6.51. The molecular formula is C16H13FO4. The number of esters is 1. The maximum atomic E-state index is 13.5. The quantitative estimate of drug-likeness (QED) is 0.629. The molecule has 0 unspecified atom stereocenters. The van der Waals surface area contributed by atoms with Crippen LogP contribution in [0.1, 0.15) is 15.9 Å². The number of halogens is 1. The first-order chi connectivity index (χ1) is 10.1. The molecule has 1 aliphatic rings. The van der Waals surface area contributed by atoms with Crippen molar-refractivity contribution in [2.24, 2.45) is 0 Å². The molecular weight excluding hydrogens is 275 g/mol. The minimum absolute atomic E-state index is 0.160.